The van der Waals surface area contributed by atoms with Crippen LogP contribution in [-0.2, 0) is 13.6 Å². The highest BCUT2D eigenvalue weighted by Gasteiger charge is 2.26. The van der Waals surface area contributed by atoms with Gasteiger partial charge in [0.25, 0.3) is 5.91 Å². The molecule has 30 heavy (non-hydrogen) atoms. The van der Waals surface area contributed by atoms with Crippen molar-refractivity contribution in [2.24, 2.45) is 7.05 Å². The van der Waals surface area contributed by atoms with Gasteiger partial charge >= 0.3 is 0 Å². The number of rotatable bonds is 4. The summed E-state index contributed by atoms with van der Waals surface area (Å²) < 4.78 is 4.11. The van der Waals surface area contributed by atoms with E-state index >= 15 is 0 Å². The van der Waals surface area contributed by atoms with Gasteiger partial charge in [-0.15, -0.1) is 0 Å². The molecule has 0 radical (unpaired) electrons. The number of aryl methyl sites for hydroxylation is 2. The van der Waals surface area contributed by atoms with Gasteiger partial charge in [-0.25, -0.2) is 9.97 Å². The second-order valence-corrected chi connectivity index (χ2v) is 8.62. The summed E-state index contributed by atoms with van der Waals surface area (Å²) in [5, 5.41) is 0.835. The molecule has 154 valence electrons. The van der Waals surface area contributed by atoms with E-state index in [1.165, 1.54) is 11.3 Å². The lowest BCUT2D eigenvalue weighted by molar-refractivity contribution is 0.0628. The van der Waals surface area contributed by atoms with E-state index in [1.54, 1.807) is 0 Å². The number of amides is 1. The number of para-hydroxylation sites is 2. The van der Waals surface area contributed by atoms with Crippen molar-refractivity contribution < 1.29 is 4.79 Å². The first-order chi connectivity index (χ1) is 14.6. The molecule has 0 spiro atoms. The molecule has 0 aliphatic carbocycles. The molecule has 1 aliphatic heterocycles. The van der Waals surface area contributed by atoms with Crippen molar-refractivity contribution in [2.75, 3.05) is 26.2 Å². The number of thiazole rings is 1. The summed E-state index contributed by atoms with van der Waals surface area (Å²) in [6.07, 6.45) is 3.90. The Kier molecular flexibility index (Phi) is 4.88. The maximum atomic E-state index is 13.1. The van der Waals surface area contributed by atoms with E-state index in [2.05, 4.69) is 33.6 Å². The summed E-state index contributed by atoms with van der Waals surface area (Å²) in [5.74, 6) is 1.15. The molecule has 1 fully saturated rings. The maximum Gasteiger partial charge on any atom is 0.266 e. The molecule has 4 heterocycles. The fraction of sp³-hybridized carbons (Fsp3) is 0.318. The third-order valence-electron chi connectivity index (χ3n) is 5.71. The van der Waals surface area contributed by atoms with Crippen LogP contribution in [0.5, 0.6) is 0 Å². The van der Waals surface area contributed by atoms with Crippen molar-refractivity contribution in [3.63, 3.8) is 0 Å². The van der Waals surface area contributed by atoms with Crippen LogP contribution in [0.1, 0.15) is 21.2 Å². The maximum absolute atomic E-state index is 13.1. The highest BCUT2D eigenvalue weighted by atomic mass is 32.1. The third-order valence-corrected chi connectivity index (χ3v) is 6.87. The van der Waals surface area contributed by atoms with Crippen molar-refractivity contribution in [3.8, 4) is 5.13 Å². The molecule has 0 N–H and O–H groups in total. The van der Waals surface area contributed by atoms with Crippen LogP contribution in [0.4, 0.5) is 0 Å². The van der Waals surface area contributed by atoms with E-state index in [-0.39, 0.29) is 5.91 Å². The number of hydrogen-bond acceptors (Lipinski definition) is 5. The number of piperazine rings is 1. The van der Waals surface area contributed by atoms with Crippen molar-refractivity contribution in [3.05, 3.63) is 65.2 Å². The van der Waals surface area contributed by atoms with Crippen LogP contribution in [0.3, 0.4) is 0 Å². The molecule has 0 saturated carbocycles. The minimum Gasteiger partial charge on any atom is -0.335 e. The standard InChI is InChI=1S/C22H24N6OS/c1-16-20(30-22(23-16)28-9-5-6-10-28)21(29)27-13-11-26(12-14-27)15-19-24-17-7-3-4-8-18(17)25(19)2/h3-10H,11-15H2,1-2H3. The molecule has 5 rings (SSSR count). The summed E-state index contributed by atoms with van der Waals surface area (Å²) >= 11 is 1.46. The Morgan fingerprint density at radius 3 is 2.50 bits per heavy atom. The Morgan fingerprint density at radius 2 is 1.77 bits per heavy atom. The van der Waals surface area contributed by atoms with Crippen LogP contribution in [0.2, 0.25) is 0 Å². The van der Waals surface area contributed by atoms with E-state index in [9.17, 15) is 4.79 Å². The Bertz CT molecular complexity index is 1180. The van der Waals surface area contributed by atoms with Crippen LogP contribution in [0.15, 0.2) is 48.8 Å². The number of fused-ring (bicyclic) bond motifs is 1. The quantitative estimate of drug-likeness (QED) is 0.509. The molecular formula is C22H24N6OS. The van der Waals surface area contributed by atoms with Gasteiger partial charge in [-0.3, -0.25) is 9.69 Å². The SMILES string of the molecule is Cc1nc(-n2cccc2)sc1C(=O)N1CCN(Cc2nc3ccccc3n2C)CC1. The van der Waals surface area contributed by atoms with Crippen LogP contribution < -0.4 is 0 Å². The number of nitrogens with zero attached hydrogens (tertiary/aromatic N) is 6. The lowest BCUT2D eigenvalue weighted by atomic mass is 10.2. The Labute approximate surface area is 179 Å². The van der Waals surface area contributed by atoms with Gasteiger partial charge in [0.05, 0.1) is 23.3 Å². The Morgan fingerprint density at radius 1 is 1.03 bits per heavy atom. The highest BCUT2D eigenvalue weighted by molar-refractivity contribution is 7.16. The number of benzene rings is 1. The topological polar surface area (TPSA) is 59.2 Å². The summed E-state index contributed by atoms with van der Waals surface area (Å²) in [6.45, 7) is 5.84. The smallest absolute Gasteiger partial charge is 0.266 e. The van der Waals surface area contributed by atoms with Crippen molar-refractivity contribution in [2.45, 2.75) is 13.5 Å². The third kappa shape index (κ3) is 3.42. The normalized spacial score (nSPS) is 15.2. The van der Waals surface area contributed by atoms with E-state index < -0.39 is 0 Å². The van der Waals surface area contributed by atoms with E-state index in [1.807, 2.05) is 53.0 Å². The first-order valence-corrected chi connectivity index (χ1v) is 10.9. The number of aromatic nitrogens is 4. The van der Waals surface area contributed by atoms with Gasteiger partial charge in [0.15, 0.2) is 5.13 Å². The average Bonchev–Trinajstić information content (AvgIpc) is 3.49. The Balaban J connectivity index is 1.24. The summed E-state index contributed by atoms with van der Waals surface area (Å²) in [7, 11) is 2.07. The van der Waals surface area contributed by atoms with Crippen molar-refractivity contribution in [1.29, 1.82) is 0 Å². The molecule has 0 atom stereocenters. The number of carbonyl (C=O) groups excluding carboxylic acids is 1. The molecule has 8 heteroatoms. The molecule has 0 unspecified atom stereocenters. The van der Waals surface area contributed by atoms with Gasteiger partial charge in [0, 0.05) is 45.6 Å². The van der Waals surface area contributed by atoms with E-state index in [4.69, 9.17) is 4.98 Å². The number of hydrogen-bond donors (Lipinski definition) is 0. The minimum atomic E-state index is 0.0887. The molecule has 4 aromatic rings. The van der Waals surface area contributed by atoms with Crippen molar-refractivity contribution >= 4 is 28.3 Å². The van der Waals surface area contributed by atoms with Gasteiger partial charge < -0.3 is 14.0 Å². The van der Waals surface area contributed by atoms with Crippen LogP contribution in [0.25, 0.3) is 16.2 Å². The zero-order chi connectivity index (χ0) is 20.7. The fourth-order valence-corrected chi connectivity index (χ4v) is 4.94. The molecule has 0 bridgehead atoms. The zero-order valence-electron chi connectivity index (χ0n) is 17.2. The van der Waals surface area contributed by atoms with Gasteiger partial charge in [0.2, 0.25) is 0 Å². The van der Waals surface area contributed by atoms with Gasteiger partial charge in [-0.1, -0.05) is 23.5 Å². The first kappa shape index (κ1) is 19.0. The lowest BCUT2D eigenvalue weighted by Gasteiger charge is -2.34. The Hall–Kier alpha value is -2.97. The second-order valence-electron chi connectivity index (χ2n) is 7.65. The van der Waals surface area contributed by atoms with Gasteiger partial charge in [0.1, 0.15) is 10.7 Å². The largest absolute Gasteiger partial charge is 0.335 e. The molecule has 1 amide bonds. The molecular weight excluding hydrogens is 396 g/mol. The molecule has 1 saturated heterocycles. The van der Waals surface area contributed by atoms with Crippen LogP contribution in [-0.4, -0.2) is 61.0 Å². The molecule has 3 aromatic heterocycles. The van der Waals surface area contributed by atoms with Gasteiger partial charge in [-0.05, 0) is 31.2 Å². The monoisotopic (exact) mass is 420 g/mol. The summed E-state index contributed by atoms with van der Waals surface area (Å²) in [5.41, 5.74) is 2.99. The highest BCUT2D eigenvalue weighted by Crippen LogP contribution is 2.24. The molecule has 1 aromatic carbocycles. The minimum absolute atomic E-state index is 0.0887. The molecule has 1 aliphatic rings. The van der Waals surface area contributed by atoms with E-state index in [0.717, 1.165) is 65.3 Å². The van der Waals surface area contributed by atoms with Crippen LogP contribution >= 0.6 is 11.3 Å². The fourth-order valence-electron chi connectivity index (χ4n) is 3.94. The van der Waals surface area contributed by atoms with E-state index in [0.29, 0.717) is 0 Å². The van der Waals surface area contributed by atoms with Crippen molar-refractivity contribution in [1.82, 2.24) is 28.9 Å². The molecule has 7 nitrogen and oxygen atoms in total. The predicted molar refractivity (Wildman–Crippen MR) is 118 cm³/mol. The predicted octanol–water partition coefficient (Wildman–Crippen LogP) is 3.09. The lowest BCUT2D eigenvalue weighted by Crippen LogP contribution is -2.48. The average molecular weight is 421 g/mol. The second kappa shape index (κ2) is 7.70. The number of imidazole rings is 1. The van der Waals surface area contributed by atoms with Crippen LogP contribution in [0, 0.1) is 6.92 Å². The van der Waals surface area contributed by atoms with Gasteiger partial charge in [-0.2, -0.15) is 0 Å². The first-order valence-electron chi connectivity index (χ1n) is 10.1. The zero-order valence-corrected chi connectivity index (χ0v) is 18.0. The number of carbonyl (C=O) groups is 1. The summed E-state index contributed by atoms with van der Waals surface area (Å²) in [4.78, 5) is 27.5. The summed E-state index contributed by atoms with van der Waals surface area (Å²) in [6, 6.07) is 12.1.